The lowest BCUT2D eigenvalue weighted by Crippen LogP contribution is -2.21. The van der Waals surface area contributed by atoms with E-state index in [1.54, 1.807) is 0 Å². The van der Waals surface area contributed by atoms with Gasteiger partial charge in [0.1, 0.15) is 5.75 Å². The van der Waals surface area contributed by atoms with Crippen LogP contribution in [0.4, 0.5) is 0 Å². The Bertz CT molecular complexity index is 351. The summed E-state index contributed by atoms with van der Waals surface area (Å²) in [5.74, 6) is 2.76. The van der Waals surface area contributed by atoms with Gasteiger partial charge in [-0.15, -0.1) is 0 Å². The maximum absolute atomic E-state index is 5.85. The molecule has 1 rings (SSSR count). The van der Waals surface area contributed by atoms with Crippen LogP contribution in [0.2, 0.25) is 5.02 Å². The average Bonchev–Trinajstić information content (AvgIpc) is 2.30. The second kappa shape index (κ2) is 8.25. The Morgan fingerprint density at radius 1 is 1.53 bits per heavy atom. The predicted octanol–water partition coefficient (Wildman–Crippen LogP) is 3.95. The lowest BCUT2D eigenvalue weighted by molar-refractivity contribution is 0.342. The highest BCUT2D eigenvalue weighted by Gasteiger charge is 2.02. The van der Waals surface area contributed by atoms with Crippen LogP contribution in [0.1, 0.15) is 13.3 Å². The van der Waals surface area contributed by atoms with Crippen molar-refractivity contribution >= 4 is 39.3 Å². The van der Waals surface area contributed by atoms with Crippen molar-refractivity contribution in [3.05, 3.63) is 27.7 Å². The van der Waals surface area contributed by atoms with Gasteiger partial charge in [0.05, 0.1) is 11.1 Å². The molecule has 0 amide bonds. The minimum atomic E-state index is 0.294. The molecular formula is C12H17BrClNOS. The van der Waals surface area contributed by atoms with Gasteiger partial charge in [0.2, 0.25) is 0 Å². The van der Waals surface area contributed by atoms with E-state index in [0.29, 0.717) is 17.7 Å². The number of hydrogen-bond acceptors (Lipinski definition) is 3. The molecule has 0 radical (unpaired) electrons. The summed E-state index contributed by atoms with van der Waals surface area (Å²) >= 11 is 11.1. The maximum Gasteiger partial charge on any atom is 0.133 e. The molecule has 0 heterocycles. The van der Waals surface area contributed by atoms with E-state index in [1.807, 2.05) is 30.0 Å². The van der Waals surface area contributed by atoms with Gasteiger partial charge in [0, 0.05) is 22.6 Å². The van der Waals surface area contributed by atoms with Gasteiger partial charge < -0.3 is 10.5 Å². The van der Waals surface area contributed by atoms with Gasteiger partial charge >= 0.3 is 0 Å². The standard InChI is InChI=1S/C12H17BrClNOS/c1-2-10(15)8-17-6-5-16-12-4-3-9(14)7-11(12)13/h3-4,7,10H,2,5-6,8,15H2,1H3. The lowest BCUT2D eigenvalue weighted by atomic mass is 10.3. The first-order valence-electron chi connectivity index (χ1n) is 5.54. The summed E-state index contributed by atoms with van der Waals surface area (Å²) in [6, 6.07) is 5.82. The molecule has 1 aromatic rings. The Morgan fingerprint density at radius 2 is 2.29 bits per heavy atom. The number of nitrogens with two attached hydrogens (primary N) is 1. The van der Waals surface area contributed by atoms with Gasteiger partial charge in [-0.3, -0.25) is 0 Å². The van der Waals surface area contributed by atoms with E-state index >= 15 is 0 Å². The number of rotatable bonds is 7. The fourth-order valence-corrected chi connectivity index (χ4v) is 2.86. The van der Waals surface area contributed by atoms with Gasteiger partial charge in [-0.1, -0.05) is 18.5 Å². The van der Waals surface area contributed by atoms with Crippen molar-refractivity contribution in [3.8, 4) is 5.75 Å². The summed E-state index contributed by atoms with van der Waals surface area (Å²) < 4.78 is 6.53. The van der Waals surface area contributed by atoms with Gasteiger partial charge in [0.15, 0.2) is 0 Å². The molecule has 96 valence electrons. The molecule has 5 heteroatoms. The summed E-state index contributed by atoms with van der Waals surface area (Å²) in [4.78, 5) is 0. The third-order valence-corrected chi connectivity index (χ3v) is 4.21. The molecule has 0 aliphatic rings. The molecule has 1 atom stereocenters. The van der Waals surface area contributed by atoms with Crippen LogP contribution in [0.15, 0.2) is 22.7 Å². The fraction of sp³-hybridized carbons (Fsp3) is 0.500. The summed E-state index contributed by atoms with van der Waals surface area (Å²) in [7, 11) is 0. The Labute approximate surface area is 120 Å². The quantitative estimate of drug-likeness (QED) is 0.765. The first-order valence-corrected chi connectivity index (χ1v) is 7.87. The average molecular weight is 339 g/mol. The third kappa shape index (κ3) is 6.00. The molecule has 0 saturated carbocycles. The predicted molar refractivity (Wildman–Crippen MR) is 80.2 cm³/mol. The fourth-order valence-electron chi connectivity index (χ4n) is 1.16. The van der Waals surface area contributed by atoms with Crippen molar-refractivity contribution in [1.29, 1.82) is 0 Å². The van der Waals surface area contributed by atoms with Gasteiger partial charge in [-0.2, -0.15) is 11.8 Å². The van der Waals surface area contributed by atoms with Crippen LogP contribution in [0, 0.1) is 0 Å². The Kier molecular flexibility index (Phi) is 7.35. The summed E-state index contributed by atoms with van der Waals surface area (Å²) in [6.07, 6.45) is 1.02. The van der Waals surface area contributed by atoms with Gasteiger partial charge in [-0.05, 0) is 40.5 Å². The van der Waals surface area contributed by atoms with Crippen molar-refractivity contribution in [2.45, 2.75) is 19.4 Å². The van der Waals surface area contributed by atoms with E-state index in [4.69, 9.17) is 22.1 Å². The highest BCUT2D eigenvalue weighted by atomic mass is 79.9. The van der Waals surface area contributed by atoms with E-state index in [0.717, 1.165) is 28.1 Å². The molecule has 0 bridgehead atoms. The largest absolute Gasteiger partial charge is 0.492 e. The number of benzene rings is 1. The van der Waals surface area contributed by atoms with E-state index < -0.39 is 0 Å². The maximum atomic E-state index is 5.85. The number of halogens is 2. The molecular weight excluding hydrogens is 322 g/mol. The highest BCUT2D eigenvalue weighted by Crippen LogP contribution is 2.27. The monoisotopic (exact) mass is 337 g/mol. The van der Waals surface area contributed by atoms with E-state index in [-0.39, 0.29) is 0 Å². The normalized spacial score (nSPS) is 12.5. The zero-order valence-corrected chi connectivity index (χ0v) is 12.9. The first kappa shape index (κ1) is 15.2. The van der Waals surface area contributed by atoms with Crippen LogP contribution in [-0.4, -0.2) is 24.2 Å². The number of ether oxygens (including phenoxy) is 1. The molecule has 1 aromatic carbocycles. The minimum Gasteiger partial charge on any atom is -0.492 e. The minimum absolute atomic E-state index is 0.294. The molecule has 0 fully saturated rings. The Hall–Kier alpha value is 0.1000. The van der Waals surface area contributed by atoms with Crippen LogP contribution < -0.4 is 10.5 Å². The van der Waals surface area contributed by atoms with E-state index in [1.165, 1.54) is 0 Å². The molecule has 1 unspecified atom stereocenters. The van der Waals surface area contributed by atoms with Crippen LogP contribution >= 0.6 is 39.3 Å². The summed E-state index contributed by atoms with van der Waals surface area (Å²) in [6.45, 7) is 2.79. The molecule has 2 nitrogen and oxygen atoms in total. The van der Waals surface area contributed by atoms with E-state index in [9.17, 15) is 0 Å². The smallest absolute Gasteiger partial charge is 0.133 e. The summed E-state index contributed by atoms with van der Waals surface area (Å²) in [5, 5.41) is 0.701. The van der Waals surface area contributed by atoms with Gasteiger partial charge in [-0.25, -0.2) is 0 Å². The van der Waals surface area contributed by atoms with Crippen molar-refractivity contribution in [1.82, 2.24) is 0 Å². The highest BCUT2D eigenvalue weighted by molar-refractivity contribution is 9.10. The second-order valence-electron chi connectivity index (χ2n) is 3.67. The number of hydrogen-bond donors (Lipinski definition) is 1. The van der Waals surface area contributed by atoms with Crippen molar-refractivity contribution in [3.63, 3.8) is 0 Å². The molecule has 0 aliphatic carbocycles. The topological polar surface area (TPSA) is 35.2 Å². The van der Waals surface area contributed by atoms with Crippen LogP contribution in [0.3, 0.4) is 0 Å². The Morgan fingerprint density at radius 3 is 2.94 bits per heavy atom. The van der Waals surface area contributed by atoms with Crippen molar-refractivity contribution in [2.24, 2.45) is 5.73 Å². The molecule has 0 aromatic heterocycles. The molecule has 0 saturated heterocycles. The first-order chi connectivity index (χ1) is 8.13. The second-order valence-corrected chi connectivity index (χ2v) is 6.11. The molecule has 0 aliphatic heterocycles. The zero-order valence-electron chi connectivity index (χ0n) is 9.79. The van der Waals surface area contributed by atoms with E-state index in [2.05, 4.69) is 22.9 Å². The molecule has 17 heavy (non-hydrogen) atoms. The lowest BCUT2D eigenvalue weighted by Gasteiger charge is -2.10. The van der Waals surface area contributed by atoms with Gasteiger partial charge in [0.25, 0.3) is 0 Å². The van der Waals surface area contributed by atoms with Crippen LogP contribution in [0.5, 0.6) is 5.75 Å². The zero-order chi connectivity index (χ0) is 12.7. The Balaban J connectivity index is 2.22. The van der Waals surface area contributed by atoms with Crippen LogP contribution in [0.25, 0.3) is 0 Å². The van der Waals surface area contributed by atoms with Crippen molar-refractivity contribution in [2.75, 3.05) is 18.1 Å². The molecule has 2 N–H and O–H groups in total. The SMILES string of the molecule is CCC(N)CSCCOc1ccc(Cl)cc1Br. The van der Waals surface area contributed by atoms with Crippen LogP contribution in [-0.2, 0) is 0 Å². The van der Waals surface area contributed by atoms with Crippen molar-refractivity contribution < 1.29 is 4.74 Å². The molecule has 0 spiro atoms. The number of thioether (sulfide) groups is 1. The summed E-state index contributed by atoms with van der Waals surface area (Å²) in [5.41, 5.74) is 5.82. The third-order valence-electron chi connectivity index (χ3n) is 2.24.